The maximum absolute atomic E-state index is 14.7. The van der Waals surface area contributed by atoms with Gasteiger partial charge >= 0.3 is 0 Å². The Labute approximate surface area is 215 Å². The molecule has 0 saturated carbocycles. The third-order valence-electron chi connectivity index (χ3n) is 6.99. The Bertz CT molecular complexity index is 1560. The Hall–Kier alpha value is -4.70. The first-order valence-corrected chi connectivity index (χ1v) is 12.4. The number of hydrogen-bond acceptors (Lipinski definition) is 2. The zero-order chi connectivity index (χ0) is 25.2. The van der Waals surface area contributed by atoms with Crippen LogP contribution < -0.4 is 5.32 Å². The molecule has 6 aromatic rings. The Kier molecular flexibility index (Phi) is 5.78. The second kappa shape index (κ2) is 9.40. The molecule has 0 aliphatic carbocycles. The molecular formula is C33H26FN3. The van der Waals surface area contributed by atoms with Crippen molar-refractivity contribution in [3.05, 3.63) is 156 Å². The van der Waals surface area contributed by atoms with Crippen molar-refractivity contribution < 1.29 is 4.39 Å². The molecule has 0 fully saturated rings. The normalized spacial score (nSPS) is 11.5. The molecule has 0 saturated heterocycles. The van der Waals surface area contributed by atoms with Gasteiger partial charge in [0.15, 0.2) is 5.82 Å². The summed E-state index contributed by atoms with van der Waals surface area (Å²) in [6.45, 7) is 0. The van der Waals surface area contributed by atoms with E-state index in [1.165, 1.54) is 6.07 Å². The summed E-state index contributed by atoms with van der Waals surface area (Å²) < 4.78 is 16.8. The van der Waals surface area contributed by atoms with Crippen LogP contribution in [-0.2, 0) is 5.54 Å². The lowest BCUT2D eigenvalue weighted by molar-refractivity contribution is 0.477. The predicted octanol–water partition coefficient (Wildman–Crippen LogP) is 7.72. The molecule has 3 nitrogen and oxygen atoms in total. The lowest BCUT2D eigenvalue weighted by Gasteiger charge is -2.37. The van der Waals surface area contributed by atoms with Crippen LogP contribution >= 0.6 is 0 Å². The average Bonchev–Trinajstić information content (AvgIpc) is 3.34. The number of rotatable bonds is 6. The topological polar surface area (TPSA) is 29.9 Å². The molecule has 1 heterocycles. The number of nitrogens with zero attached hydrogens (tertiary/aromatic N) is 2. The third-order valence-corrected chi connectivity index (χ3v) is 6.99. The zero-order valence-electron chi connectivity index (χ0n) is 20.5. The maximum Gasteiger partial charge on any atom is 0.155 e. The van der Waals surface area contributed by atoms with Gasteiger partial charge in [0.25, 0.3) is 0 Å². The smallest absolute Gasteiger partial charge is 0.155 e. The van der Waals surface area contributed by atoms with Gasteiger partial charge in [-0.15, -0.1) is 0 Å². The van der Waals surface area contributed by atoms with E-state index in [9.17, 15) is 4.39 Å². The molecule has 180 valence electrons. The summed E-state index contributed by atoms with van der Waals surface area (Å²) in [6, 6.07) is 44.3. The molecule has 0 aliphatic rings. The van der Waals surface area contributed by atoms with E-state index < -0.39 is 5.54 Å². The van der Waals surface area contributed by atoms with Crippen LogP contribution in [0.4, 0.5) is 10.2 Å². The molecule has 6 rings (SSSR count). The summed E-state index contributed by atoms with van der Waals surface area (Å²) in [5.41, 5.74) is 4.87. The highest BCUT2D eigenvalue weighted by Gasteiger charge is 2.40. The van der Waals surface area contributed by atoms with Gasteiger partial charge in [-0.3, -0.25) is 0 Å². The summed E-state index contributed by atoms with van der Waals surface area (Å²) >= 11 is 0. The van der Waals surface area contributed by atoms with E-state index in [0.29, 0.717) is 5.56 Å². The van der Waals surface area contributed by atoms with Gasteiger partial charge in [-0.05, 0) is 40.5 Å². The Morgan fingerprint density at radius 1 is 0.649 bits per heavy atom. The van der Waals surface area contributed by atoms with E-state index in [1.54, 1.807) is 6.07 Å². The van der Waals surface area contributed by atoms with E-state index >= 15 is 0 Å². The number of benzene rings is 5. The minimum absolute atomic E-state index is 0.243. The molecule has 5 aromatic carbocycles. The van der Waals surface area contributed by atoms with Crippen molar-refractivity contribution >= 4 is 16.7 Å². The molecule has 37 heavy (non-hydrogen) atoms. The highest BCUT2D eigenvalue weighted by Crippen LogP contribution is 2.44. The molecule has 1 N–H and O–H groups in total. The van der Waals surface area contributed by atoms with E-state index in [1.807, 2.05) is 49.5 Å². The number of anilines is 1. The van der Waals surface area contributed by atoms with Crippen LogP contribution in [0.15, 0.2) is 133 Å². The molecule has 0 atom stereocenters. The van der Waals surface area contributed by atoms with Crippen molar-refractivity contribution in [2.45, 2.75) is 5.54 Å². The van der Waals surface area contributed by atoms with Crippen LogP contribution in [0.25, 0.3) is 22.0 Å². The number of fused-ring (bicyclic) bond motifs is 1. The average molecular weight is 484 g/mol. The van der Waals surface area contributed by atoms with E-state index in [4.69, 9.17) is 5.10 Å². The SMILES string of the molecule is CNc1nn(C(c2ccccc2)(c2ccccc2)c2ccccc2)c2ccc(-c3ccccc3F)cc12. The number of nitrogens with one attached hydrogen (secondary N) is 1. The van der Waals surface area contributed by atoms with Crippen LogP contribution in [0.3, 0.4) is 0 Å². The number of hydrogen-bond donors (Lipinski definition) is 1. The summed E-state index contributed by atoms with van der Waals surface area (Å²) in [4.78, 5) is 0. The summed E-state index contributed by atoms with van der Waals surface area (Å²) in [5.74, 6) is 0.493. The summed E-state index contributed by atoms with van der Waals surface area (Å²) in [5, 5.41) is 9.39. The summed E-state index contributed by atoms with van der Waals surface area (Å²) in [7, 11) is 1.87. The number of aromatic nitrogens is 2. The second-order valence-electron chi connectivity index (χ2n) is 9.03. The van der Waals surface area contributed by atoms with Crippen LogP contribution in [0, 0.1) is 5.82 Å². The van der Waals surface area contributed by atoms with E-state index in [-0.39, 0.29) is 5.82 Å². The molecule has 0 aliphatic heterocycles. The lowest BCUT2D eigenvalue weighted by atomic mass is 9.77. The molecule has 0 bridgehead atoms. The van der Waals surface area contributed by atoms with Gasteiger partial charge in [-0.2, -0.15) is 5.10 Å². The summed E-state index contributed by atoms with van der Waals surface area (Å²) in [6.07, 6.45) is 0. The highest BCUT2D eigenvalue weighted by atomic mass is 19.1. The molecule has 1 aromatic heterocycles. The van der Waals surface area contributed by atoms with Gasteiger partial charge in [-0.1, -0.05) is 115 Å². The minimum Gasteiger partial charge on any atom is -0.371 e. The maximum atomic E-state index is 14.7. The van der Waals surface area contributed by atoms with Crippen molar-refractivity contribution in [2.24, 2.45) is 0 Å². The quantitative estimate of drug-likeness (QED) is 0.246. The van der Waals surface area contributed by atoms with E-state index in [0.717, 1.165) is 39.0 Å². The zero-order valence-corrected chi connectivity index (χ0v) is 20.5. The van der Waals surface area contributed by atoms with Crippen molar-refractivity contribution in [1.82, 2.24) is 9.78 Å². The van der Waals surface area contributed by atoms with Crippen molar-refractivity contribution in [2.75, 3.05) is 12.4 Å². The standard InChI is InChI=1S/C33H26FN3/c1-35-32-29-23-24(28-19-11-12-20-30(28)34)21-22-31(29)37(36-32)33(25-13-5-2-6-14-25,26-15-7-3-8-16-26)27-17-9-4-10-18-27/h2-23H,1H3,(H,35,36). The fourth-order valence-corrected chi connectivity index (χ4v) is 5.33. The minimum atomic E-state index is -0.739. The fraction of sp³-hybridized carbons (Fsp3) is 0.0606. The van der Waals surface area contributed by atoms with Crippen LogP contribution in [0.2, 0.25) is 0 Å². The molecule has 0 unspecified atom stereocenters. The van der Waals surface area contributed by atoms with E-state index in [2.05, 4.69) is 88.9 Å². The second-order valence-corrected chi connectivity index (χ2v) is 9.03. The third kappa shape index (κ3) is 3.69. The van der Waals surface area contributed by atoms with Crippen LogP contribution in [0.1, 0.15) is 16.7 Å². The van der Waals surface area contributed by atoms with Gasteiger partial charge in [0, 0.05) is 18.0 Å². The first kappa shape index (κ1) is 22.7. The van der Waals surface area contributed by atoms with Gasteiger partial charge in [-0.25, -0.2) is 9.07 Å². The lowest BCUT2D eigenvalue weighted by Crippen LogP contribution is -2.38. The first-order chi connectivity index (χ1) is 18.2. The van der Waals surface area contributed by atoms with Crippen LogP contribution in [0.5, 0.6) is 0 Å². The van der Waals surface area contributed by atoms with Crippen molar-refractivity contribution in [3.63, 3.8) is 0 Å². The Morgan fingerprint density at radius 3 is 1.68 bits per heavy atom. The molecule has 0 radical (unpaired) electrons. The predicted molar refractivity (Wildman–Crippen MR) is 149 cm³/mol. The van der Waals surface area contributed by atoms with Crippen LogP contribution in [-0.4, -0.2) is 16.8 Å². The van der Waals surface area contributed by atoms with Gasteiger partial charge in [0.05, 0.1) is 5.52 Å². The van der Waals surface area contributed by atoms with Crippen molar-refractivity contribution in [1.29, 1.82) is 0 Å². The number of halogens is 1. The largest absolute Gasteiger partial charge is 0.371 e. The van der Waals surface area contributed by atoms with Gasteiger partial charge in [0.2, 0.25) is 0 Å². The Morgan fingerprint density at radius 2 is 1.16 bits per heavy atom. The fourth-order valence-electron chi connectivity index (χ4n) is 5.33. The molecule has 0 amide bonds. The van der Waals surface area contributed by atoms with Gasteiger partial charge in [0.1, 0.15) is 11.4 Å². The monoisotopic (exact) mass is 483 g/mol. The molecular weight excluding hydrogens is 457 g/mol. The van der Waals surface area contributed by atoms with Crippen molar-refractivity contribution in [3.8, 4) is 11.1 Å². The van der Waals surface area contributed by atoms with Gasteiger partial charge < -0.3 is 5.32 Å². The highest BCUT2D eigenvalue weighted by molar-refractivity contribution is 5.94. The Balaban J connectivity index is 1.72. The first-order valence-electron chi connectivity index (χ1n) is 12.4. The molecule has 4 heteroatoms. The molecule has 0 spiro atoms.